The fourth-order valence-corrected chi connectivity index (χ4v) is 2.82. The van der Waals surface area contributed by atoms with Gasteiger partial charge in [-0.15, -0.1) is 5.10 Å². The number of thioether (sulfide) groups is 1. The van der Waals surface area contributed by atoms with Crippen molar-refractivity contribution >= 4 is 23.4 Å². The average Bonchev–Trinajstić information content (AvgIpc) is 3.30. The van der Waals surface area contributed by atoms with Gasteiger partial charge in [-0.1, -0.05) is 11.8 Å². The molecule has 3 rings (SSSR count). The highest BCUT2D eigenvalue weighted by Gasteiger charge is 2.37. The minimum absolute atomic E-state index is 0.00252. The van der Waals surface area contributed by atoms with Gasteiger partial charge in [0.25, 0.3) is 0 Å². The van der Waals surface area contributed by atoms with Crippen LogP contribution < -0.4 is 5.32 Å². The van der Waals surface area contributed by atoms with Crippen LogP contribution >= 0.6 is 11.8 Å². The molecule has 146 valence electrons. The number of nitrogens with zero attached hydrogens (tertiary/aromatic N) is 2. The lowest BCUT2D eigenvalue weighted by atomic mass is 10.1. The van der Waals surface area contributed by atoms with E-state index in [2.05, 4.69) is 20.5 Å². The van der Waals surface area contributed by atoms with Crippen LogP contribution in [-0.4, -0.2) is 26.8 Å². The van der Waals surface area contributed by atoms with E-state index in [4.69, 9.17) is 0 Å². The van der Waals surface area contributed by atoms with E-state index < -0.39 is 35.1 Å². The highest BCUT2D eigenvalue weighted by atomic mass is 32.2. The molecule has 0 atom stereocenters. The number of H-pyrrole nitrogens is 1. The van der Waals surface area contributed by atoms with Crippen molar-refractivity contribution in [3.8, 4) is 0 Å². The van der Waals surface area contributed by atoms with Crippen molar-refractivity contribution < 1.29 is 31.1 Å². The number of alkyl halides is 6. The molecule has 0 radical (unpaired) electrons. The second kappa shape index (κ2) is 7.06. The van der Waals surface area contributed by atoms with E-state index in [0.717, 1.165) is 24.6 Å². The first kappa shape index (κ1) is 19.5. The van der Waals surface area contributed by atoms with Crippen molar-refractivity contribution in [3.05, 3.63) is 35.2 Å². The molecular formula is C15H12F6N4OS. The zero-order chi connectivity index (χ0) is 19.8. The molecular weight excluding hydrogens is 398 g/mol. The predicted octanol–water partition coefficient (Wildman–Crippen LogP) is 4.45. The number of carbonyl (C=O) groups excluding carboxylic acids is 1. The van der Waals surface area contributed by atoms with E-state index >= 15 is 0 Å². The highest BCUT2D eigenvalue weighted by Crippen LogP contribution is 2.39. The first-order valence-electron chi connectivity index (χ1n) is 7.67. The van der Waals surface area contributed by atoms with E-state index in [1.807, 2.05) is 0 Å². The lowest BCUT2D eigenvalue weighted by Gasteiger charge is -2.14. The standard InChI is InChI=1S/C15H12F6N4OS/c16-14(17,18)8-3-9(15(19,20)21)5-10(4-8)22-11(26)6-27-13-23-12(24-25-13)7-1-2-7/h3-5,7H,1-2,6H2,(H,22,26)(H,23,24,25). The van der Waals surface area contributed by atoms with Crippen molar-refractivity contribution in [1.29, 1.82) is 0 Å². The van der Waals surface area contributed by atoms with E-state index in [1.54, 1.807) is 0 Å². The van der Waals surface area contributed by atoms with Crippen LogP contribution in [0.1, 0.15) is 35.7 Å². The van der Waals surface area contributed by atoms with Gasteiger partial charge in [0.05, 0.1) is 16.9 Å². The third kappa shape index (κ3) is 5.15. The number of halogens is 6. The smallest absolute Gasteiger partial charge is 0.325 e. The first-order valence-corrected chi connectivity index (χ1v) is 8.65. The van der Waals surface area contributed by atoms with Crippen molar-refractivity contribution in [2.45, 2.75) is 36.3 Å². The minimum Gasteiger partial charge on any atom is -0.325 e. The van der Waals surface area contributed by atoms with Crippen molar-refractivity contribution in [1.82, 2.24) is 15.2 Å². The summed E-state index contributed by atoms with van der Waals surface area (Å²) in [7, 11) is 0. The molecule has 1 aromatic heterocycles. The number of carbonyl (C=O) groups is 1. The Kier molecular flexibility index (Phi) is 5.10. The molecule has 1 aromatic carbocycles. The SMILES string of the molecule is O=C(CSc1n[nH]c(C2CC2)n1)Nc1cc(C(F)(F)F)cc(C(F)(F)F)c1. The van der Waals surface area contributed by atoms with Gasteiger partial charge in [0.2, 0.25) is 11.1 Å². The van der Waals surface area contributed by atoms with Crippen LogP contribution in [0.2, 0.25) is 0 Å². The maximum Gasteiger partial charge on any atom is 0.416 e. The molecule has 2 aromatic rings. The summed E-state index contributed by atoms with van der Waals surface area (Å²) in [5.41, 5.74) is -3.58. The monoisotopic (exact) mass is 410 g/mol. The number of nitrogens with one attached hydrogen (secondary N) is 2. The van der Waals surface area contributed by atoms with E-state index in [0.29, 0.717) is 23.9 Å². The van der Waals surface area contributed by atoms with Crippen molar-refractivity contribution in [2.24, 2.45) is 0 Å². The molecule has 1 aliphatic carbocycles. The molecule has 27 heavy (non-hydrogen) atoms. The summed E-state index contributed by atoms with van der Waals surface area (Å²) in [4.78, 5) is 16.1. The molecule has 1 fully saturated rings. The zero-order valence-corrected chi connectivity index (χ0v) is 14.2. The van der Waals surface area contributed by atoms with Crippen molar-refractivity contribution in [3.63, 3.8) is 0 Å². The van der Waals surface area contributed by atoms with E-state index in [9.17, 15) is 31.1 Å². The van der Waals surface area contributed by atoms with Gasteiger partial charge in [0.1, 0.15) is 5.82 Å². The lowest BCUT2D eigenvalue weighted by Crippen LogP contribution is -2.17. The summed E-state index contributed by atoms with van der Waals surface area (Å²) < 4.78 is 76.9. The highest BCUT2D eigenvalue weighted by molar-refractivity contribution is 7.99. The Hall–Kier alpha value is -2.24. The third-order valence-electron chi connectivity index (χ3n) is 3.65. The molecule has 0 unspecified atom stereocenters. The fraction of sp³-hybridized carbons (Fsp3) is 0.400. The predicted molar refractivity (Wildman–Crippen MR) is 84.2 cm³/mol. The van der Waals surface area contributed by atoms with Crippen molar-refractivity contribution in [2.75, 3.05) is 11.1 Å². The number of amides is 1. The molecule has 12 heteroatoms. The van der Waals surface area contributed by atoms with Gasteiger partial charge in [-0.2, -0.15) is 26.3 Å². The number of benzene rings is 1. The number of rotatable bonds is 5. The summed E-state index contributed by atoms with van der Waals surface area (Å²) in [5, 5.41) is 8.96. The summed E-state index contributed by atoms with van der Waals surface area (Å²) in [5.74, 6) is -0.0121. The molecule has 0 aliphatic heterocycles. The van der Waals surface area contributed by atoms with Crippen LogP contribution in [0.5, 0.6) is 0 Å². The summed E-state index contributed by atoms with van der Waals surface area (Å²) in [6.45, 7) is 0. The molecule has 1 amide bonds. The van der Waals surface area contributed by atoms with Crippen LogP contribution in [0.25, 0.3) is 0 Å². The fourth-order valence-electron chi connectivity index (χ4n) is 2.22. The van der Waals surface area contributed by atoms with Gasteiger partial charge in [0.15, 0.2) is 0 Å². The van der Waals surface area contributed by atoms with Crippen LogP contribution in [0.3, 0.4) is 0 Å². The number of aromatic nitrogens is 3. The third-order valence-corrected chi connectivity index (χ3v) is 4.50. The molecule has 1 saturated carbocycles. The van der Waals surface area contributed by atoms with E-state index in [1.165, 1.54) is 0 Å². The van der Waals surface area contributed by atoms with Crippen LogP contribution in [0.15, 0.2) is 23.4 Å². The summed E-state index contributed by atoms with van der Waals surface area (Å²) in [6, 6.07) is 0.906. The Morgan fingerprint density at radius 2 is 1.70 bits per heavy atom. The molecule has 2 N–H and O–H groups in total. The largest absolute Gasteiger partial charge is 0.416 e. The molecule has 0 bridgehead atoms. The van der Waals surface area contributed by atoms with Gasteiger partial charge in [-0.05, 0) is 31.0 Å². The second-order valence-corrected chi connectivity index (χ2v) is 6.85. The molecule has 1 heterocycles. The molecule has 5 nitrogen and oxygen atoms in total. The Bertz CT molecular complexity index is 811. The van der Waals surface area contributed by atoms with E-state index in [-0.39, 0.29) is 17.0 Å². The molecule has 0 spiro atoms. The van der Waals surface area contributed by atoms with Crippen LogP contribution in [-0.2, 0) is 17.1 Å². The zero-order valence-electron chi connectivity index (χ0n) is 13.4. The average molecular weight is 410 g/mol. The maximum atomic E-state index is 12.8. The van der Waals surface area contributed by atoms with Crippen LogP contribution in [0, 0.1) is 0 Å². The summed E-state index contributed by atoms with van der Waals surface area (Å²) in [6.07, 6.45) is -7.96. The maximum absolute atomic E-state index is 12.8. The van der Waals surface area contributed by atoms with Gasteiger partial charge in [0, 0.05) is 11.6 Å². The number of anilines is 1. The molecule has 1 aliphatic rings. The normalized spacial score (nSPS) is 15.0. The minimum atomic E-state index is -4.98. The topological polar surface area (TPSA) is 70.7 Å². The Balaban J connectivity index is 1.68. The second-order valence-electron chi connectivity index (χ2n) is 5.91. The lowest BCUT2D eigenvalue weighted by molar-refractivity contribution is -0.143. The van der Waals surface area contributed by atoms with Crippen LogP contribution in [0.4, 0.5) is 32.0 Å². The number of hydrogen-bond acceptors (Lipinski definition) is 4. The summed E-state index contributed by atoms with van der Waals surface area (Å²) >= 11 is 0.923. The Morgan fingerprint density at radius 1 is 1.11 bits per heavy atom. The quantitative estimate of drug-likeness (QED) is 0.565. The Morgan fingerprint density at radius 3 is 2.22 bits per heavy atom. The Labute approximate surface area is 152 Å². The number of hydrogen-bond donors (Lipinski definition) is 2. The van der Waals surface area contributed by atoms with Gasteiger partial charge in [-0.3, -0.25) is 9.89 Å². The first-order chi connectivity index (χ1) is 12.5. The van der Waals surface area contributed by atoms with Gasteiger partial charge in [-0.25, -0.2) is 4.98 Å². The number of aromatic amines is 1. The molecule has 0 saturated heterocycles. The van der Waals surface area contributed by atoms with Gasteiger partial charge < -0.3 is 5.32 Å². The van der Waals surface area contributed by atoms with Gasteiger partial charge >= 0.3 is 12.4 Å².